The van der Waals surface area contributed by atoms with Crippen LogP contribution in [0.4, 0.5) is 0 Å². The lowest BCUT2D eigenvalue weighted by atomic mass is 9.89. The van der Waals surface area contributed by atoms with Crippen LogP contribution in [0.25, 0.3) is 0 Å². The lowest BCUT2D eigenvalue weighted by Gasteiger charge is -2.43. The van der Waals surface area contributed by atoms with Gasteiger partial charge in [0.1, 0.15) is 12.4 Å². The van der Waals surface area contributed by atoms with E-state index in [0.717, 1.165) is 0 Å². The predicted molar refractivity (Wildman–Crippen MR) is 336 cm³/mol. The normalized spacial score (nSPS) is 12.7. The number of hydrogen-bond donors (Lipinski definition) is 0. The third-order valence-electron chi connectivity index (χ3n) is 16.2. The van der Waals surface area contributed by atoms with Crippen molar-refractivity contribution in [2.75, 3.05) is 0 Å². The van der Waals surface area contributed by atoms with Crippen molar-refractivity contribution >= 4 is 49.8 Å². The van der Waals surface area contributed by atoms with Crippen molar-refractivity contribution in [3.8, 4) is 0 Å². The molecule has 0 aliphatic heterocycles. The summed E-state index contributed by atoms with van der Waals surface area (Å²) in [4.78, 5) is 0. The highest BCUT2D eigenvalue weighted by molar-refractivity contribution is 7.48. The molecule has 0 spiro atoms. The summed E-state index contributed by atoms with van der Waals surface area (Å²) in [6.45, 7) is 69.8. The fourth-order valence-corrected chi connectivity index (χ4v) is 37.1. The molecule has 5 heteroatoms. The van der Waals surface area contributed by atoms with Gasteiger partial charge in [-0.05, 0) is 132 Å². The van der Waals surface area contributed by atoms with Crippen LogP contribution >= 0.6 is 0 Å². The van der Waals surface area contributed by atoms with Crippen molar-refractivity contribution in [2.24, 2.45) is 0 Å². The van der Waals surface area contributed by atoms with Crippen LogP contribution in [0.1, 0.15) is 344 Å². The highest BCUT2D eigenvalue weighted by Gasteiger charge is 2.38. The zero-order valence-corrected chi connectivity index (χ0v) is 55.8. The van der Waals surface area contributed by atoms with E-state index in [2.05, 4.69) is 264 Å². The molecule has 74 heavy (non-hydrogen) atoms. The molecule has 0 radical (unpaired) electrons. The molecule has 0 saturated heterocycles. The monoisotopic (exact) mass is 1050 g/mol. The Morgan fingerprint density at radius 3 is 0.824 bits per heavy atom. The van der Waals surface area contributed by atoms with Gasteiger partial charge < -0.3 is 0 Å². The van der Waals surface area contributed by atoms with Crippen LogP contribution < -0.4 is 30.8 Å². The number of benzene rings is 4. The predicted octanol–water partition coefficient (Wildman–Crippen LogP) is 16.9. The van der Waals surface area contributed by atoms with Gasteiger partial charge in [-0.2, -0.15) is 0 Å². The molecule has 1 aromatic heterocycles. The van der Waals surface area contributed by atoms with Gasteiger partial charge in [0.2, 0.25) is 0 Å². The quantitative estimate of drug-likeness (QED) is 0.0543. The standard InChI is InChI=1S/C69H108N2Si3/c1-39(2)53-31-57(43(9)10)65(58(32-53)44(11)12)72(66-59(45(13)14)33-54(40(3)4)34-60(66)46(15)16)74(68-63(49(21)22)37-56(42(7)8)38-64(68)50(23)24)73(69-70(51(25)26)29-30-71(69)52(27)28)67-61(47(17)18)35-55(41(5)6)36-62(67)48(19)20/h29-52H,1-28H3. The highest BCUT2D eigenvalue weighted by Crippen LogP contribution is 2.34. The van der Waals surface area contributed by atoms with Crippen molar-refractivity contribution in [1.29, 1.82) is 0 Å². The van der Waals surface area contributed by atoms with Crippen molar-refractivity contribution in [3.63, 3.8) is 0 Å². The Hall–Kier alpha value is -3.26. The fraction of sp³-hybridized carbons (Fsp3) is 0.609. The minimum Gasteiger partial charge on any atom is -0.249 e. The second-order valence-electron chi connectivity index (χ2n) is 26.9. The maximum atomic E-state index is 2.80. The Morgan fingerprint density at radius 1 is 0.338 bits per heavy atom. The molecule has 0 unspecified atom stereocenters. The zero-order valence-electron chi connectivity index (χ0n) is 52.8. The van der Waals surface area contributed by atoms with Crippen LogP contribution in [0.3, 0.4) is 0 Å². The summed E-state index contributed by atoms with van der Waals surface area (Å²) in [7, 11) is -5.27. The molecule has 1 heterocycles. The molecule has 0 bridgehead atoms. The molecule has 0 fully saturated rings. The third kappa shape index (κ3) is 12.7. The SMILES string of the molecule is CC(C)c1cc(C(C)C)c([Si](c2c(C(C)C)cc(C(C)C)cc2C(C)C)=[Si](c2c(C(C)C)cc(C(C)C)cc2C(C)C)[Si-](c2c(C(C)C)cc(C(C)C)cc2C(C)C)c2n(C(C)C)cc[n+]2C(C)C)c(C(C)C)c1. The molecule has 0 atom stereocenters. The van der Waals surface area contributed by atoms with Gasteiger partial charge in [-0.1, -0.05) is 261 Å². The number of imidazole rings is 1. The Balaban J connectivity index is 2.59. The average Bonchev–Trinajstić information content (AvgIpc) is 3.75. The van der Waals surface area contributed by atoms with Gasteiger partial charge in [0.15, 0.2) is 5.45 Å². The number of rotatable bonds is 20. The lowest BCUT2D eigenvalue weighted by Crippen LogP contribution is -2.73. The smallest absolute Gasteiger partial charge is 0.166 e. The van der Waals surface area contributed by atoms with Gasteiger partial charge in [-0.3, -0.25) is 0 Å². The number of hydrogen-bond acceptors (Lipinski definition) is 0. The van der Waals surface area contributed by atoms with Gasteiger partial charge in [0.05, 0.1) is 12.1 Å². The van der Waals surface area contributed by atoms with Crippen molar-refractivity contribution in [1.82, 2.24) is 4.57 Å². The molecular weight excluding hydrogens is 941 g/mol. The maximum absolute atomic E-state index is 2.80. The molecule has 0 aliphatic carbocycles. The molecule has 0 aliphatic rings. The van der Waals surface area contributed by atoms with E-state index in [4.69, 9.17) is 0 Å². The van der Waals surface area contributed by atoms with E-state index in [0.29, 0.717) is 83.1 Å². The lowest BCUT2D eigenvalue weighted by molar-refractivity contribution is -0.699. The topological polar surface area (TPSA) is 8.81 Å². The third-order valence-corrected chi connectivity index (χ3v) is 34.4. The first-order valence-electron chi connectivity index (χ1n) is 29.8. The van der Waals surface area contributed by atoms with Gasteiger partial charge >= 0.3 is 0 Å². The minimum atomic E-state index is -1.77. The minimum absolute atomic E-state index is 0.298. The van der Waals surface area contributed by atoms with Crippen molar-refractivity contribution in [2.45, 2.75) is 277 Å². The van der Waals surface area contributed by atoms with Gasteiger partial charge in [0.25, 0.3) is 0 Å². The van der Waals surface area contributed by atoms with Crippen LogP contribution in [-0.4, -0.2) is 28.2 Å². The zero-order chi connectivity index (χ0) is 55.9. The molecule has 5 rings (SSSR count). The van der Waals surface area contributed by atoms with Gasteiger partial charge in [-0.15, -0.1) is 23.0 Å². The summed E-state index contributed by atoms with van der Waals surface area (Å²) < 4.78 is 5.61. The van der Waals surface area contributed by atoms with E-state index in [-0.39, 0.29) is 0 Å². The second-order valence-corrected chi connectivity index (χ2v) is 39.1. The molecule has 0 N–H and O–H groups in total. The Kier molecular flexibility index (Phi) is 20.8. The summed E-state index contributed by atoms with van der Waals surface area (Å²) in [5.74, 6) is 4.62. The van der Waals surface area contributed by atoms with Gasteiger partial charge in [0, 0.05) is 8.31 Å². The summed E-state index contributed by atoms with van der Waals surface area (Å²) in [6, 6.07) is 22.5. The molecule has 406 valence electrons. The summed E-state index contributed by atoms with van der Waals surface area (Å²) in [6.07, 6.45) is 5.01. The molecule has 4 aromatic carbocycles. The Bertz CT molecular complexity index is 2540. The van der Waals surface area contributed by atoms with Crippen molar-refractivity contribution < 1.29 is 4.57 Å². The largest absolute Gasteiger partial charge is 0.249 e. The summed E-state index contributed by atoms with van der Waals surface area (Å²) in [5, 5.41) is 7.04. The van der Waals surface area contributed by atoms with E-state index in [1.165, 1.54) is 22.3 Å². The van der Waals surface area contributed by atoms with E-state index >= 15 is 0 Å². The van der Waals surface area contributed by atoms with E-state index in [1.54, 1.807) is 70.7 Å². The number of aromatic nitrogens is 2. The average molecular weight is 1050 g/mol. The molecular formula is C69H108N2Si3. The molecule has 2 nitrogen and oxygen atoms in total. The van der Waals surface area contributed by atoms with E-state index < -0.39 is 23.6 Å². The van der Waals surface area contributed by atoms with Crippen LogP contribution in [0, 0.1) is 0 Å². The first-order chi connectivity index (χ1) is 34.3. The molecule has 5 aromatic rings. The van der Waals surface area contributed by atoms with Crippen LogP contribution in [0.15, 0.2) is 60.9 Å². The van der Waals surface area contributed by atoms with Crippen LogP contribution in [0.5, 0.6) is 0 Å². The number of nitrogens with zero attached hydrogens (tertiary/aromatic N) is 2. The first kappa shape index (κ1) is 61.6. The summed E-state index contributed by atoms with van der Waals surface area (Å²) in [5.41, 5.74) is 20.5. The van der Waals surface area contributed by atoms with Gasteiger partial charge in [-0.25, -0.2) is 9.13 Å². The Labute approximate surface area is 460 Å². The van der Waals surface area contributed by atoms with Crippen LogP contribution in [-0.2, 0) is 0 Å². The molecule has 0 amide bonds. The summed E-state index contributed by atoms with van der Waals surface area (Å²) >= 11 is 0. The second kappa shape index (κ2) is 25.0. The van der Waals surface area contributed by atoms with Crippen molar-refractivity contribution in [3.05, 3.63) is 128 Å². The van der Waals surface area contributed by atoms with E-state index in [1.807, 2.05) is 0 Å². The van der Waals surface area contributed by atoms with Crippen LogP contribution in [0.2, 0.25) is 0 Å². The fourth-order valence-electron chi connectivity index (χ4n) is 11.6. The highest BCUT2D eigenvalue weighted by atomic mass is 29.4. The first-order valence-corrected chi connectivity index (χ1v) is 36.3. The maximum Gasteiger partial charge on any atom is 0.166 e. The Morgan fingerprint density at radius 2 is 0.595 bits per heavy atom. The van der Waals surface area contributed by atoms with E-state index in [9.17, 15) is 0 Å². The molecule has 0 saturated carbocycles.